The van der Waals surface area contributed by atoms with Crippen LogP contribution in [0.1, 0.15) is 64.3 Å². The summed E-state index contributed by atoms with van der Waals surface area (Å²) in [5.41, 5.74) is 9.25. The zero-order valence-corrected chi connectivity index (χ0v) is 20.1. The number of amides is 1. The number of hydrogen-bond acceptors (Lipinski definition) is 3. The van der Waals surface area contributed by atoms with Crippen LogP contribution in [0.25, 0.3) is 0 Å². The first-order valence-corrected chi connectivity index (χ1v) is 12.5. The van der Waals surface area contributed by atoms with Crippen LogP contribution in [0.2, 0.25) is 0 Å². The fourth-order valence-corrected chi connectivity index (χ4v) is 6.29. The summed E-state index contributed by atoms with van der Waals surface area (Å²) in [6, 6.07) is 19.5. The second-order valence-electron chi connectivity index (χ2n) is 10.2. The molecule has 1 aromatic heterocycles. The number of carbonyl (C=O) groups excluding carboxylic acids is 1. The van der Waals surface area contributed by atoms with E-state index in [1.165, 1.54) is 22.3 Å². The summed E-state index contributed by atoms with van der Waals surface area (Å²) in [6.07, 6.45) is 10.8. The first kappa shape index (κ1) is 21.8. The van der Waals surface area contributed by atoms with E-state index in [0.29, 0.717) is 31.3 Å². The highest BCUT2D eigenvalue weighted by Gasteiger charge is 2.41. The molecule has 0 saturated heterocycles. The first-order chi connectivity index (χ1) is 17.1. The molecule has 1 unspecified atom stereocenters. The second kappa shape index (κ2) is 8.82. The fraction of sp³-hybridized carbons (Fsp3) is 0.323. The van der Waals surface area contributed by atoms with E-state index in [1.54, 1.807) is 0 Å². The monoisotopic (exact) mass is 459 g/mol. The van der Waals surface area contributed by atoms with E-state index >= 15 is 0 Å². The Morgan fingerprint density at radius 2 is 1.91 bits per heavy atom. The number of hydrogen-bond donors (Lipinski definition) is 0. The minimum atomic E-state index is 0.181. The van der Waals surface area contributed by atoms with E-state index < -0.39 is 0 Å². The maximum atomic E-state index is 13.5. The molecule has 2 aliphatic heterocycles. The highest BCUT2D eigenvalue weighted by atomic mass is 16.2. The summed E-state index contributed by atoms with van der Waals surface area (Å²) in [7, 11) is 0. The number of carbonyl (C=O) groups is 1. The number of rotatable bonds is 4. The molecule has 4 nitrogen and oxygen atoms in total. The number of aliphatic imine (C=N–C) groups is 1. The van der Waals surface area contributed by atoms with Gasteiger partial charge in [-0.2, -0.15) is 0 Å². The molecular weight excluding hydrogens is 430 g/mol. The number of fused-ring (bicyclic) bond motifs is 2. The van der Waals surface area contributed by atoms with Crippen LogP contribution >= 0.6 is 0 Å². The second-order valence-corrected chi connectivity index (χ2v) is 10.2. The van der Waals surface area contributed by atoms with Gasteiger partial charge >= 0.3 is 0 Å². The quantitative estimate of drug-likeness (QED) is 0.503. The number of pyridine rings is 1. The van der Waals surface area contributed by atoms with Gasteiger partial charge in [0, 0.05) is 47.9 Å². The van der Waals surface area contributed by atoms with Crippen LogP contribution in [0, 0.1) is 25.2 Å². The smallest absolute Gasteiger partial charge is 0.227 e. The van der Waals surface area contributed by atoms with Crippen LogP contribution in [0.15, 0.2) is 65.8 Å². The number of nitrogens with zero attached hydrogens (tertiary/aromatic N) is 3. The Labute approximate surface area is 207 Å². The number of benzene rings is 2. The Kier molecular flexibility index (Phi) is 5.49. The van der Waals surface area contributed by atoms with E-state index in [-0.39, 0.29) is 11.9 Å². The maximum absolute atomic E-state index is 13.5. The van der Waals surface area contributed by atoms with E-state index in [1.807, 2.05) is 19.2 Å². The molecule has 3 atom stereocenters. The van der Waals surface area contributed by atoms with Crippen molar-refractivity contribution in [2.24, 2.45) is 10.9 Å². The van der Waals surface area contributed by atoms with Crippen molar-refractivity contribution in [2.45, 2.75) is 57.7 Å². The molecule has 3 aliphatic rings. The van der Waals surface area contributed by atoms with Crippen molar-refractivity contribution >= 4 is 11.6 Å². The zero-order chi connectivity index (χ0) is 23.9. The summed E-state index contributed by atoms with van der Waals surface area (Å²) in [4.78, 5) is 24.8. The lowest BCUT2D eigenvalue weighted by atomic mass is 9.88. The summed E-state index contributed by atoms with van der Waals surface area (Å²) in [5.74, 6) is 3.88. The molecule has 3 aromatic rings. The molecule has 2 aromatic carbocycles. The molecule has 0 bridgehead atoms. The summed E-state index contributed by atoms with van der Waals surface area (Å²) >= 11 is 0. The van der Waals surface area contributed by atoms with Gasteiger partial charge in [0.1, 0.15) is 0 Å². The third-order valence-corrected chi connectivity index (χ3v) is 7.92. The molecule has 174 valence electrons. The number of terminal acetylenes is 1. The fourth-order valence-electron chi connectivity index (χ4n) is 6.29. The van der Waals surface area contributed by atoms with Gasteiger partial charge in [-0.25, -0.2) is 0 Å². The highest BCUT2D eigenvalue weighted by molar-refractivity contribution is 6.15. The van der Waals surface area contributed by atoms with Crippen LogP contribution in [0.5, 0.6) is 0 Å². The van der Waals surface area contributed by atoms with Crippen LogP contribution < -0.4 is 0 Å². The molecule has 0 spiro atoms. The Morgan fingerprint density at radius 3 is 2.71 bits per heavy atom. The SMILES string of the molecule is C#CCC1C[C@@H](N2Cc3cc4c(cc3CC2=O)CN=C4c2ccnc(C)c2)[C@H](c2ccccc2)C1. The van der Waals surface area contributed by atoms with Crippen molar-refractivity contribution in [3.8, 4) is 12.3 Å². The molecule has 4 heteroatoms. The molecular formula is C31H29N3O. The maximum Gasteiger partial charge on any atom is 0.227 e. The van der Waals surface area contributed by atoms with Gasteiger partial charge in [0.25, 0.3) is 0 Å². The summed E-state index contributed by atoms with van der Waals surface area (Å²) in [6.45, 7) is 3.33. The van der Waals surface area contributed by atoms with Crippen molar-refractivity contribution in [3.63, 3.8) is 0 Å². The van der Waals surface area contributed by atoms with Crippen LogP contribution in [0.3, 0.4) is 0 Å². The molecule has 6 rings (SSSR count). The first-order valence-electron chi connectivity index (χ1n) is 12.5. The molecule has 0 N–H and O–H groups in total. The van der Waals surface area contributed by atoms with Gasteiger partial charge in [0.2, 0.25) is 5.91 Å². The molecule has 3 heterocycles. The van der Waals surface area contributed by atoms with Crippen molar-refractivity contribution < 1.29 is 4.79 Å². The average molecular weight is 460 g/mol. The predicted octanol–water partition coefficient (Wildman–Crippen LogP) is 5.21. The van der Waals surface area contributed by atoms with Gasteiger partial charge in [0.15, 0.2) is 0 Å². The Balaban J connectivity index is 1.33. The van der Waals surface area contributed by atoms with Crippen molar-refractivity contribution in [3.05, 3.63) is 99.9 Å². The van der Waals surface area contributed by atoms with E-state index in [4.69, 9.17) is 11.4 Å². The predicted molar refractivity (Wildman–Crippen MR) is 138 cm³/mol. The van der Waals surface area contributed by atoms with E-state index in [2.05, 4.69) is 64.3 Å². The number of aryl methyl sites for hydroxylation is 1. The average Bonchev–Trinajstić information content (AvgIpc) is 3.47. The van der Waals surface area contributed by atoms with Gasteiger partial charge in [-0.1, -0.05) is 36.4 Å². The largest absolute Gasteiger partial charge is 0.334 e. The standard InChI is InChI=1S/C31H29N3O/c1-3-7-21-13-27(22-8-5-4-6-9-22)29(14-21)34-19-26-16-28-25(15-24(26)17-30(34)35)18-33-31(28)23-10-11-32-20(2)12-23/h1,4-6,8-12,15-16,21,27,29H,7,13-14,17-19H2,2H3/t21?,27-,29+/m0/s1. The lowest BCUT2D eigenvalue weighted by Crippen LogP contribution is -2.44. The third kappa shape index (κ3) is 3.96. The minimum Gasteiger partial charge on any atom is -0.334 e. The van der Waals surface area contributed by atoms with Gasteiger partial charge in [-0.15, -0.1) is 12.3 Å². The highest BCUT2D eigenvalue weighted by Crippen LogP contribution is 2.44. The van der Waals surface area contributed by atoms with Crippen molar-refractivity contribution in [1.82, 2.24) is 9.88 Å². The zero-order valence-electron chi connectivity index (χ0n) is 20.1. The van der Waals surface area contributed by atoms with Gasteiger partial charge in [0.05, 0.1) is 18.7 Å². The molecule has 35 heavy (non-hydrogen) atoms. The van der Waals surface area contributed by atoms with Gasteiger partial charge < -0.3 is 4.90 Å². The van der Waals surface area contributed by atoms with E-state index in [0.717, 1.165) is 41.8 Å². The third-order valence-electron chi connectivity index (χ3n) is 7.92. The molecule has 0 radical (unpaired) electrons. The normalized spacial score (nSPS) is 23.0. The van der Waals surface area contributed by atoms with Crippen molar-refractivity contribution in [1.29, 1.82) is 0 Å². The minimum absolute atomic E-state index is 0.181. The lowest BCUT2D eigenvalue weighted by molar-refractivity contribution is -0.134. The Hall–Kier alpha value is -3.71. The molecule has 1 saturated carbocycles. The van der Waals surface area contributed by atoms with Gasteiger partial charge in [-0.3, -0.25) is 14.8 Å². The molecule has 1 fully saturated rings. The van der Waals surface area contributed by atoms with Crippen molar-refractivity contribution in [2.75, 3.05) is 0 Å². The van der Waals surface area contributed by atoms with Gasteiger partial charge in [-0.05, 0) is 66.1 Å². The lowest BCUT2D eigenvalue weighted by Gasteiger charge is -2.37. The van der Waals surface area contributed by atoms with Crippen LogP contribution in [-0.2, 0) is 24.3 Å². The summed E-state index contributed by atoms with van der Waals surface area (Å²) < 4.78 is 0. The topological polar surface area (TPSA) is 45.6 Å². The molecule has 1 aliphatic carbocycles. The Bertz CT molecular complexity index is 1370. The molecule has 1 amide bonds. The van der Waals surface area contributed by atoms with Crippen LogP contribution in [0.4, 0.5) is 0 Å². The Morgan fingerprint density at radius 1 is 1.06 bits per heavy atom. The van der Waals surface area contributed by atoms with E-state index in [9.17, 15) is 4.79 Å². The summed E-state index contributed by atoms with van der Waals surface area (Å²) in [5, 5.41) is 0. The number of aromatic nitrogens is 1. The van der Waals surface area contributed by atoms with Crippen LogP contribution in [-0.4, -0.2) is 27.5 Å².